The van der Waals surface area contributed by atoms with Crippen LogP contribution in [0.5, 0.6) is 0 Å². The fourth-order valence-corrected chi connectivity index (χ4v) is 1.13. The second-order valence-electron chi connectivity index (χ2n) is 4.83. The largest absolute Gasteiger partial charge is 0.444 e. The Hall–Kier alpha value is -1.99. The molecule has 0 saturated heterocycles. The number of rotatable bonds is 3. The van der Waals surface area contributed by atoms with Gasteiger partial charge in [-0.1, -0.05) is 0 Å². The van der Waals surface area contributed by atoms with Crippen molar-refractivity contribution < 1.29 is 14.3 Å². The lowest BCUT2D eigenvalue weighted by molar-refractivity contribution is 0.0496. The average Bonchev–Trinajstić information content (AvgIpc) is 2.60. The molecule has 0 fully saturated rings. The summed E-state index contributed by atoms with van der Waals surface area (Å²) in [4.78, 5) is 24.4. The lowest BCUT2D eigenvalue weighted by Crippen LogP contribution is -2.42. The number of amides is 1. The van der Waals surface area contributed by atoms with E-state index in [0.29, 0.717) is 0 Å². The van der Waals surface area contributed by atoms with Gasteiger partial charge in [0.15, 0.2) is 0 Å². The summed E-state index contributed by atoms with van der Waals surface area (Å²) in [7, 11) is 1.55. The number of hydrogen-bond donors (Lipinski definition) is 1. The van der Waals surface area contributed by atoms with Crippen molar-refractivity contribution in [1.29, 1.82) is 0 Å². The van der Waals surface area contributed by atoms with Crippen LogP contribution in [0.1, 0.15) is 38.3 Å². The number of carbonyl (C=O) groups is 2. The Bertz CT molecular complexity index is 449. The third-order valence-electron chi connectivity index (χ3n) is 1.86. The van der Waals surface area contributed by atoms with Gasteiger partial charge in [-0.05, 0) is 32.9 Å². The summed E-state index contributed by atoms with van der Waals surface area (Å²) < 4.78 is 5.04. The van der Waals surface area contributed by atoms with Gasteiger partial charge in [-0.3, -0.25) is 4.79 Å². The molecule has 18 heavy (non-hydrogen) atoms. The number of aryl methyl sites for hydroxylation is 1. The molecule has 1 rings (SSSR count). The number of tetrazole rings is 1. The highest BCUT2D eigenvalue weighted by atomic mass is 16.6. The van der Waals surface area contributed by atoms with Gasteiger partial charge in [0.25, 0.3) is 0 Å². The van der Waals surface area contributed by atoms with Gasteiger partial charge in [0.05, 0.1) is 13.1 Å². The quantitative estimate of drug-likeness (QED) is 0.780. The van der Waals surface area contributed by atoms with Crippen LogP contribution in [0, 0.1) is 0 Å². The lowest BCUT2D eigenvalue weighted by Gasteiger charge is -2.21. The normalized spacial score (nSPS) is 12.9. The van der Waals surface area contributed by atoms with E-state index in [0.717, 1.165) is 0 Å². The van der Waals surface area contributed by atoms with Crippen molar-refractivity contribution in [2.24, 2.45) is 7.05 Å². The van der Waals surface area contributed by atoms with Gasteiger partial charge in [0.1, 0.15) is 5.60 Å². The van der Waals surface area contributed by atoms with Crippen molar-refractivity contribution in [3.8, 4) is 0 Å². The Labute approximate surface area is 105 Å². The van der Waals surface area contributed by atoms with Crippen LogP contribution >= 0.6 is 0 Å². The van der Waals surface area contributed by atoms with Gasteiger partial charge in [0, 0.05) is 0 Å². The highest BCUT2D eigenvalue weighted by Gasteiger charge is 2.24. The van der Waals surface area contributed by atoms with Crippen LogP contribution in [-0.4, -0.2) is 43.7 Å². The minimum absolute atomic E-state index is 0.0407. The molecule has 1 unspecified atom stereocenters. The Morgan fingerprint density at radius 1 is 1.39 bits per heavy atom. The zero-order chi connectivity index (χ0) is 13.9. The molecule has 0 aliphatic carbocycles. The summed E-state index contributed by atoms with van der Waals surface area (Å²) >= 11 is 0. The lowest BCUT2D eigenvalue weighted by atomic mass is 10.2. The summed E-state index contributed by atoms with van der Waals surface area (Å²) in [5.74, 6) is -0.463. The number of ketones is 1. The molecule has 8 heteroatoms. The molecule has 1 amide bonds. The van der Waals surface area contributed by atoms with E-state index in [1.54, 1.807) is 27.8 Å². The SMILES string of the molecule is CC(NC(=O)OC(C)(C)C)C(=O)c1nnn(C)n1. The van der Waals surface area contributed by atoms with E-state index in [9.17, 15) is 9.59 Å². The maximum absolute atomic E-state index is 11.8. The Balaban J connectivity index is 2.58. The number of aromatic nitrogens is 4. The maximum Gasteiger partial charge on any atom is 0.408 e. The van der Waals surface area contributed by atoms with Crippen LogP contribution in [0.25, 0.3) is 0 Å². The molecular formula is C10H17N5O3. The summed E-state index contributed by atoms with van der Waals surface area (Å²) in [6.45, 7) is 6.75. The molecule has 0 saturated carbocycles. The minimum Gasteiger partial charge on any atom is -0.444 e. The van der Waals surface area contributed by atoms with Gasteiger partial charge in [0.2, 0.25) is 11.6 Å². The van der Waals surface area contributed by atoms with Crippen molar-refractivity contribution in [3.05, 3.63) is 5.82 Å². The minimum atomic E-state index is -0.774. The number of hydrogen-bond acceptors (Lipinski definition) is 6. The molecule has 1 heterocycles. The van der Waals surface area contributed by atoms with Crippen molar-refractivity contribution in [2.45, 2.75) is 39.3 Å². The Morgan fingerprint density at radius 3 is 2.44 bits per heavy atom. The second kappa shape index (κ2) is 5.11. The van der Waals surface area contributed by atoms with Crippen molar-refractivity contribution in [1.82, 2.24) is 25.5 Å². The van der Waals surface area contributed by atoms with E-state index in [1.165, 1.54) is 11.7 Å². The first kappa shape index (κ1) is 14.1. The van der Waals surface area contributed by atoms with Crippen molar-refractivity contribution in [3.63, 3.8) is 0 Å². The number of nitrogens with one attached hydrogen (secondary N) is 1. The molecule has 0 spiro atoms. The van der Waals surface area contributed by atoms with E-state index in [4.69, 9.17) is 4.74 Å². The molecule has 1 N–H and O–H groups in total. The van der Waals surface area contributed by atoms with E-state index in [1.807, 2.05) is 0 Å². The first-order valence-corrected chi connectivity index (χ1v) is 5.47. The van der Waals surface area contributed by atoms with Crippen LogP contribution in [-0.2, 0) is 11.8 Å². The number of Topliss-reactive ketones (excluding diaryl/α,β-unsaturated/α-hetero) is 1. The Kier molecular flexibility index (Phi) is 4.00. The summed E-state index contributed by atoms with van der Waals surface area (Å²) in [5, 5.41) is 13.3. The fourth-order valence-electron chi connectivity index (χ4n) is 1.13. The molecule has 1 aromatic heterocycles. The molecule has 100 valence electrons. The smallest absolute Gasteiger partial charge is 0.408 e. The fraction of sp³-hybridized carbons (Fsp3) is 0.700. The number of carbonyl (C=O) groups excluding carboxylic acids is 2. The number of ether oxygens (including phenoxy) is 1. The zero-order valence-corrected chi connectivity index (χ0v) is 11.1. The van der Waals surface area contributed by atoms with E-state index >= 15 is 0 Å². The standard InChI is InChI=1S/C10H17N5O3/c1-6(11-9(17)18-10(2,3)4)7(16)8-12-14-15(5)13-8/h6H,1-5H3,(H,11,17). The Morgan fingerprint density at radius 2 is 2.00 bits per heavy atom. The maximum atomic E-state index is 11.8. The summed E-state index contributed by atoms with van der Waals surface area (Å²) in [6, 6.07) is -0.774. The van der Waals surface area contributed by atoms with Gasteiger partial charge < -0.3 is 10.1 Å². The molecule has 0 radical (unpaired) electrons. The average molecular weight is 255 g/mol. The zero-order valence-electron chi connectivity index (χ0n) is 11.1. The highest BCUT2D eigenvalue weighted by molar-refractivity contribution is 5.97. The molecule has 0 aromatic carbocycles. The van der Waals surface area contributed by atoms with Crippen LogP contribution in [0.2, 0.25) is 0 Å². The van der Waals surface area contributed by atoms with E-state index < -0.39 is 23.5 Å². The third-order valence-corrected chi connectivity index (χ3v) is 1.86. The van der Waals surface area contributed by atoms with Crippen molar-refractivity contribution in [2.75, 3.05) is 0 Å². The monoisotopic (exact) mass is 255 g/mol. The van der Waals surface area contributed by atoms with Gasteiger partial charge in [-0.25, -0.2) is 4.79 Å². The van der Waals surface area contributed by atoms with Gasteiger partial charge in [-0.15, -0.1) is 10.2 Å². The van der Waals surface area contributed by atoms with E-state index in [2.05, 4.69) is 20.7 Å². The summed E-state index contributed by atoms with van der Waals surface area (Å²) in [6.07, 6.45) is -0.660. The predicted octanol–water partition coefficient (Wildman–Crippen LogP) is 0.306. The number of alkyl carbamates (subject to hydrolysis) is 1. The summed E-state index contributed by atoms with van der Waals surface area (Å²) in [5.41, 5.74) is -0.613. The predicted molar refractivity (Wildman–Crippen MR) is 62.0 cm³/mol. The second-order valence-corrected chi connectivity index (χ2v) is 4.83. The number of nitrogens with zero attached hydrogens (tertiary/aromatic N) is 4. The molecule has 1 aromatic rings. The molecule has 8 nitrogen and oxygen atoms in total. The molecule has 1 atom stereocenters. The topological polar surface area (TPSA) is 99.0 Å². The third kappa shape index (κ3) is 4.11. The first-order valence-electron chi connectivity index (χ1n) is 5.47. The molecule has 0 bridgehead atoms. The van der Waals surface area contributed by atoms with Gasteiger partial charge >= 0.3 is 6.09 Å². The first-order chi connectivity index (χ1) is 8.19. The van der Waals surface area contributed by atoms with E-state index in [-0.39, 0.29) is 5.82 Å². The van der Waals surface area contributed by atoms with Crippen molar-refractivity contribution >= 4 is 11.9 Å². The molecular weight excluding hydrogens is 238 g/mol. The van der Waals surface area contributed by atoms with Crippen LogP contribution < -0.4 is 5.32 Å². The van der Waals surface area contributed by atoms with Gasteiger partial charge in [-0.2, -0.15) is 4.80 Å². The van der Waals surface area contributed by atoms with Crippen LogP contribution in [0.4, 0.5) is 4.79 Å². The van der Waals surface area contributed by atoms with Crippen LogP contribution in [0.3, 0.4) is 0 Å². The van der Waals surface area contributed by atoms with Crippen LogP contribution in [0.15, 0.2) is 0 Å². The highest BCUT2D eigenvalue weighted by Crippen LogP contribution is 2.07. The molecule has 0 aliphatic heterocycles. The molecule has 0 aliphatic rings.